The molecule has 4 heteroatoms. The predicted molar refractivity (Wildman–Crippen MR) is 53.6 cm³/mol. The molecule has 82 valence electrons. The van der Waals surface area contributed by atoms with Crippen molar-refractivity contribution in [3.8, 4) is 0 Å². The molecular formula is C11H13F2NO. The number of hydrogen-bond donors (Lipinski definition) is 1. The third-order valence-electron chi connectivity index (χ3n) is 1.84. The lowest BCUT2D eigenvalue weighted by Gasteiger charge is -2.17. The van der Waals surface area contributed by atoms with Gasteiger partial charge in [-0.3, -0.25) is 4.79 Å². The van der Waals surface area contributed by atoms with Crippen LogP contribution in [0.4, 0.5) is 8.78 Å². The fourth-order valence-electron chi connectivity index (χ4n) is 1.13. The minimum Gasteiger partial charge on any atom is -0.348 e. The minimum absolute atomic E-state index is 0.289. The minimum atomic E-state index is -3.47. The normalized spacial score (nSPS) is 11.5. The topological polar surface area (TPSA) is 29.1 Å². The molecule has 1 aromatic carbocycles. The summed E-state index contributed by atoms with van der Waals surface area (Å²) in [6.45, 7) is 3.28. The summed E-state index contributed by atoms with van der Waals surface area (Å²) in [6, 6.07) is 6.75. The molecule has 0 aliphatic heterocycles. The molecule has 0 atom stereocenters. The fourth-order valence-corrected chi connectivity index (χ4v) is 1.13. The van der Waals surface area contributed by atoms with Crippen molar-refractivity contribution in [3.05, 3.63) is 35.9 Å². The second kappa shape index (κ2) is 4.38. The second-order valence-corrected chi connectivity index (χ2v) is 3.57. The van der Waals surface area contributed by atoms with Crippen LogP contribution >= 0.6 is 0 Å². The Hall–Kier alpha value is -1.45. The monoisotopic (exact) mass is 213 g/mol. The average molecular weight is 213 g/mol. The first-order valence-corrected chi connectivity index (χ1v) is 4.69. The number of benzene rings is 1. The molecule has 0 saturated heterocycles. The van der Waals surface area contributed by atoms with E-state index in [0.717, 1.165) is 0 Å². The zero-order valence-electron chi connectivity index (χ0n) is 8.63. The van der Waals surface area contributed by atoms with E-state index in [0.29, 0.717) is 0 Å². The van der Waals surface area contributed by atoms with Crippen molar-refractivity contribution in [2.75, 3.05) is 0 Å². The summed E-state index contributed by atoms with van der Waals surface area (Å²) in [4.78, 5) is 11.2. The van der Waals surface area contributed by atoms with Crippen LogP contribution in [-0.4, -0.2) is 11.9 Å². The van der Waals surface area contributed by atoms with Crippen molar-refractivity contribution in [2.45, 2.75) is 25.8 Å². The van der Waals surface area contributed by atoms with Gasteiger partial charge in [0.15, 0.2) is 0 Å². The quantitative estimate of drug-likeness (QED) is 0.820. The van der Waals surface area contributed by atoms with Crippen molar-refractivity contribution >= 4 is 5.91 Å². The maximum Gasteiger partial charge on any atom is 0.349 e. The molecule has 0 aromatic heterocycles. The van der Waals surface area contributed by atoms with Gasteiger partial charge in [0.05, 0.1) is 0 Å². The maximum absolute atomic E-state index is 13.5. The van der Waals surface area contributed by atoms with E-state index >= 15 is 0 Å². The molecule has 0 saturated carbocycles. The lowest BCUT2D eigenvalue weighted by molar-refractivity contribution is -0.147. The number of amides is 1. The van der Waals surface area contributed by atoms with Gasteiger partial charge in [-0.1, -0.05) is 30.3 Å². The van der Waals surface area contributed by atoms with E-state index < -0.39 is 11.8 Å². The van der Waals surface area contributed by atoms with Gasteiger partial charge in [0.25, 0.3) is 5.91 Å². The summed E-state index contributed by atoms with van der Waals surface area (Å²) in [7, 11) is 0. The molecule has 0 aliphatic rings. The van der Waals surface area contributed by atoms with Crippen LogP contribution in [0.25, 0.3) is 0 Å². The highest BCUT2D eigenvalue weighted by Crippen LogP contribution is 2.27. The standard InChI is InChI=1S/C11H13F2NO/c1-8(2)14-10(15)11(12,13)9-6-4-3-5-7-9/h3-8H,1-2H3,(H,14,15). The zero-order valence-corrected chi connectivity index (χ0v) is 8.63. The smallest absolute Gasteiger partial charge is 0.348 e. The third-order valence-corrected chi connectivity index (χ3v) is 1.84. The molecular weight excluding hydrogens is 200 g/mol. The Bertz CT molecular complexity index is 336. The molecule has 1 amide bonds. The molecule has 1 rings (SSSR count). The Morgan fingerprint density at radius 1 is 1.27 bits per heavy atom. The van der Waals surface area contributed by atoms with E-state index in [1.54, 1.807) is 19.9 Å². The number of carbonyl (C=O) groups is 1. The van der Waals surface area contributed by atoms with Crippen LogP contribution in [0, 0.1) is 0 Å². The van der Waals surface area contributed by atoms with E-state index in [1.807, 2.05) is 0 Å². The molecule has 0 spiro atoms. The van der Waals surface area contributed by atoms with Crippen LogP contribution in [0.3, 0.4) is 0 Å². The van der Waals surface area contributed by atoms with Gasteiger partial charge in [0.1, 0.15) is 0 Å². The predicted octanol–water partition coefficient (Wildman–Crippen LogP) is 2.30. The van der Waals surface area contributed by atoms with Crippen molar-refractivity contribution in [1.29, 1.82) is 0 Å². The van der Waals surface area contributed by atoms with E-state index in [-0.39, 0.29) is 11.6 Å². The number of halogens is 2. The van der Waals surface area contributed by atoms with E-state index in [1.165, 1.54) is 24.3 Å². The van der Waals surface area contributed by atoms with Gasteiger partial charge in [0.2, 0.25) is 0 Å². The number of alkyl halides is 2. The number of rotatable bonds is 3. The van der Waals surface area contributed by atoms with Gasteiger partial charge in [-0.15, -0.1) is 0 Å². The molecule has 2 nitrogen and oxygen atoms in total. The second-order valence-electron chi connectivity index (χ2n) is 3.57. The van der Waals surface area contributed by atoms with Crippen LogP contribution in [0.1, 0.15) is 19.4 Å². The summed E-state index contributed by atoms with van der Waals surface area (Å²) in [5.74, 6) is -4.73. The fraction of sp³-hybridized carbons (Fsp3) is 0.364. The first-order chi connectivity index (χ1) is 6.94. The van der Waals surface area contributed by atoms with Gasteiger partial charge < -0.3 is 5.32 Å². The average Bonchev–Trinajstić information content (AvgIpc) is 2.18. The van der Waals surface area contributed by atoms with Gasteiger partial charge in [-0.2, -0.15) is 8.78 Å². The SMILES string of the molecule is CC(C)NC(=O)C(F)(F)c1ccccc1. The summed E-state index contributed by atoms with van der Waals surface area (Å²) in [5, 5.41) is 2.19. The highest BCUT2D eigenvalue weighted by atomic mass is 19.3. The van der Waals surface area contributed by atoms with Crippen LogP contribution in [0.5, 0.6) is 0 Å². The van der Waals surface area contributed by atoms with Crippen LogP contribution in [-0.2, 0) is 10.7 Å². The first-order valence-electron chi connectivity index (χ1n) is 4.69. The maximum atomic E-state index is 13.5. The highest BCUT2D eigenvalue weighted by Gasteiger charge is 2.40. The summed E-state index contributed by atoms with van der Waals surface area (Å²) >= 11 is 0. The molecule has 15 heavy (non-hydrogen) atoms. The molecule has 1 N–H and O–H groups in total. The molecule has 0 radical (unpaired) electrons. The largest absolute Gasteiger partial charge is 0.349 e. The van der Waals surface area contributed by atoms with Crippen molar-refractivity contribution < 1.29 is 13.6 Å². The number of nitrogens with one attached hydrogen (secondary N) is 1. The van der Waals surface area contributed by atoms with E-state index in [9.17, 15) is 13.6 Å². The Morgan fingerprint density at radius 2 is 1.80 bits per heavy atom. The number of hydrogen-bond acceptors (Lipinski definition) is 1. The van der Waals surface area contributed by atoms with Crippen molar-refractivity contribution in [1.82, 2.24) is 5.32 Å². The Labute approximate surface area is 87.3 Å². The molecule has 0 unspecified atom stereocenters. The zero-order chi connectivity index (χ0) is 11.5. The molecule has 1 aromatic rings. The van der Waals surface area contributed by atoms with Gasteiger partial charge in [-0.05, 0) is 13.8 Å². The van der Waals surface area contributed by atoms with E-state index in [2.05, 4.69) is 5.32 Å². The van der Waals surface area contributed by atoms with Crippen LogP contribution in [0.15, 0.2) is 30.3 Å². The molecule has 0 aliphatic carbocycles. The Balaban J connectivity index is 2.88. The molecule has 0 heterocycles. The third kappa shape index (κ3) is 2.75. The lowest BCUT2D eigenvalue weighted by Crippen LogP contribution is -2.41. The Morgan fingerprint density at radius 3 is 2.27 bits per heavy atom. The molecule has 0 bridgehead atoms. The van der Waals surface area contributed by atoms with Crippen LogP contribution in [0.2, 0.25) is 0 Å². The highest BCUT2D eigenvalue weighted by molar-refractivity contribution is 5.84. The first kappa shape index (κ1) is 11.6. The van der Waals surface area contributed by atoms with Gasteiger partial charge >= 0.3 is 5.92 Å². The summed E-state index contributed by atoms with van der Waals surface area (Å²) in [5.41, 5.74) is -0.289. The van der Waals surface area contributed by atoms with E-state index in [4.69, 9.17) is 0 Å². The summed E-state index contributed by atoms with van der Waals surface area (Å²) in [6.07, 6.45) is 0. The van der Waals surface area contributed by atoms with Gasteiger partial charge in [0, 0.05) is 11.6 Å². The molecule has 0 fully saturated rings. The van der Waals surface area contributed by atoms with Crippen molar-refractivity contribution in [2.24, 2.45) is 0 Å². The van der Waals surface area contributed by atoms with Crippen LogP contribution < -0.4 is 5.32 Å². The number of carbonyl (C=O) groups excluding carboxylic acids is 1. The van der Waals surface area contributed by atoms with Gasteiger partial charge in [-0.25, -0.2) is 0 Å². The van der Waals surface area contributed by atoms with Crippen molar-refractivity contribution in [3.63, 3.8) is 0 Å². The Kier molecular flexibility index (Phi) is 3.39. The lowest BCUT2D eigenvalue weighted by atomic mass is 10.1. The summed E-state index contributed by atoms with van der Waals surface area (Å²) < 4.78 is 27.0.